The van der Waals surface area contributed by atoms with E-state index < -0.39 is 17.7 Å². The topological polar surface area (TPSA) is 97.1 Å². The summed E-state index contributed by atoms with van der Waals surface area (Å²) in [6.07, 6.45) is 2.04. The highest BCUT2D eigenvalue weighted by Crippen LogP contribution is 2.40. The number of amides is 1. The van der Waals surface area contributed by atoms with Gasteiger partial charge < -0.3 is 10.4 Å². The Morgan fingerprint density at radius 3 is 2.70 bits per heavy atom. The molecule has 1 fully saturated rings. The number of carbonyl (C=O) groups excluding carboxylic acids is 1. The highest BCUT2D eigenvalue weighted by molar-refractivity contribution is 6.13. The maximum atomic E-state index is 14.1. The number of aryl methyl sites for hydroxylation is 2. The number of anilines is 1. The number of carboxylic acids is 1. The molecule has 1 aliphatic rings. The minimum atomic E-state index is -1.20. The van der Waals surface area contributed by atoms with Crippen molar-refractivity contribution in [2.45, 2.75) is 25.7 Å². The number of hydrogen-bond donors (Lipinski definition) is 2. The standard InChI is InChI=1S/C19H17FN4O3/c1-9-16-12(8-14(10-3-4-10)21-17(16)24(2)23-9)18(25)22-15-7-11(19(26)27)5-6-13(15)20/h5-8,10H,3-4H2,1-2H3,(H,22,25)(H,26,27). The van der Waals surface area contributed by atoms with Crippen LogP contribution in [0.25, 0.3) is 11.0 Å². The van der Waals surface area contributed by atoms with Crippen molar-refractivity contribution in [3.8, 4) is 0 Å². The zero-order chi connectivity index (χ0) is 19.3. The summed E-state index contributed by atoms with van der Waals surface area (Å²) in [6.45, 7) is 1.78. The molecule has 1 saturated carbocycles. The number of halogens is 1. The minimum Gasteiger partial charge on any atom is -0.478 e. The van der Waals surface area contributed by atoms with Crippen LogP contribution in [0.4, 0.5) is 10.1 Å². The molecule has 0 unspecified atom stereocenters. The molecule has 0 saturated heterocycles. The van der Waals surface area contributed by atoms with E-state index in [-0.39, 0.29) is 11.3 Å². The van der Waals surface area contributed by atoms with Gasteiger partial charge in [0.2, 0.25) is 0 Å². The van der Waals surface area contributed by atoms with Crippen LogP contribution in [-0.2, 0) is 7.05 Å². The van der Waals surface area contributed by atoms with E-state index in [1.165, 1.54) is 0 Å². The lowest BCUT2D eigenvalue weighted by atomic mass is 10.1. The molecule has 2 heterocycles. The predicted octanol–water partition coefficient (Wildman–Crippen LogP) is 3.24. The van der Waals surface area contributed by atoms with Crippen molar-refractivity contribution in [3.05, 3.63) is 52.6 Å². The normalized spacial score (nSPS) is 13.7. The van der Waals surface area contributed by atoms with Gasteiger partial charge in [-0.3, -0.25) is 9.48 Å². The SMILES string of the molecule is Cc1nn(C)c2nc(C3CC3)cc(C(=O)Nc3cc(C(=O)O)ccc3F)c12. The quantitative estimate of drug-likeness (QED) is 0.737. The summed E-state index contributed by atoms with van der Waals surface area (Å²) in [4.78, 5) is 28.7. The van der Waals surface area contributed by atoms with Crippen molar-refractivity contribution in [2.24, 2.45) is 7.05 Å². The van der Waals surface area contributed by atoms with Crippen molar-refractivity contribution in [3.63, 3.8) is 0 Å². The van der Waals surface area contributed by atoms with Crippen molar-refractivity contribution in [2.75, 3.05) is 5.32 Å². The van der Waals surface area contributed by atoms with Gasteiger partial charge in [0.25, 0.3) is 5.91 Å². The molecule has 2 N–H and O–H groups in total. The van der Waals surface area contributed by atoms with E-state index in [2.05, 4.69) is 15.4 Å². The van der Waals surface area contributed by atoms with Crippen LogP contribution in [0.15, 0.2) is 24.3 Å². The molecule has 1 aromatic carbocycles. The number of nitrogens with zero attached hydrogens (tertiary/aromatic N) is 3. The molecule has 27 heavy (non-hydrogen) atoms. The first-order chi connectivity index (χ1) is 12.8. The molecular formula is C19H17FN4O3. The highest BCUT2D eigenvalue weighted by atomic mass is 19.1. The fourth-order valence-electron chi connectivity index (χ4n) is 3.18. The van der Waals surface area contributed by atoms with E-state index in [1.54, 1.807) is 24.7 Å². The number of benzene rings is 1. The second-order valence-corrected chi connectivity index (χ2v) is 6.73. The van der Waals surface area contributed by atoms with Gasteiger partial charge in [-0.05, 0) is 44.0 Å². The number of aromatic carboxylic acids is 1. The van der Waals surface area contributed by atoms with Crippen molar-refractivity contribution >= 4 is 28.6 Å². The third-order valence-corrected chi connectivity index (χ3v) is 4.69. The molecule has 2 aromatic heterocycles. The number of fused-ring (bicyclic) bond motifs is 1. The number of carbonyl (C=O) groups is 2. The molecule has 1 aliphatic carbocycles. The van der Waals surface area contributed by atoms with Crippen LogP contribution < -0.4 is 5.32 Å². The summed E-state index contributed by atoms with van der Waals surface area (Å²) in [5.74, 6) is -2.11. The first-order valence-corrected chi connectivity index (χ1v) is 8.53. The molecule has 0 bridgehead atoms. The smallest absolute Gasteiger partial charge is 0.335 e. The Labute approximate surface area is 153 Å². The second-order valence-electron chi connectivity index (χ2n) is 6.73. The van der Waals surface area contributed by atoms with Crippen LogP contribution in [-0.4, -0.2) is 31.7 Å². The largest absolute Gasteiger partial charge is 0.478 e. The summed E-state index contributed by atoms with van der Waals surface area (Å²) in [6, 6.07) is 5.00. The molecule has 0 aliphatic heterocycles. The van der Waals surface area contributed by atoms with Gasteiger partial charge in [0, 0.05) is 18.7 Å². The van der Waals surface area contributed by atoms with Gasteiger partial charge in [0.15, 0.2) is 5.65 Å². The fourth-order valence-corrected chi connectivity index (χ4v) is 3.18. The summed E-state index contributed by atoms with van der Waals surface area (Å²) in [5, 5.41) is 16.5. The number of hydrogen-bond acceptors (Lipinski definition) is 4. The first-order valence-electron chi connectivity index (χ1n) is 8.53. The fraction of sp³-hybridized carbons (Fsp3) is 0.263. The Kier molecular flexibility index (Phi) is 3.91. The molecule has 0 atom stereocenters. The number of rotatable bonds is 4. The van der Waals surface area contributed by atoms with Gasteiger partial charge in [-0.2, -0.15) is 5.10 Å². The lowest BCUT2D eigenvalue weighted by Crippen LogP contribution is -2.15. The van der Waals surface area contributed by atoms with Crippen LogP contribution in [0.2, 0.25) is 0 Å². The number of aromatic nitrogens is 3. The predicted molar refractivity (Wildman–Crippen MR) is 96.5 cm³/mol. The summed E-state index contributed by atoms with van der Waals surface area (Å²) >= 11 is 0. The first kappa shape index (κ1) is 17.1. The van der Waals surface area contributed by atoms with Gasteiger partial charge in [0.05, 0.1) is 27.9 Å². The van der Waals surface area contributed by atoms with Crippen LogP contribution in [0, 0.1) is 12.7 Å². The number of nitrogens with one attached hydrogen (secondary N) is 1. The van der Waals surface area contributed by atoms with Gasteiger partial charge in [-0.1, -0.05) is 0 Å². The van der Waals surface area contributed by atoms with Crippen molar-refractivity contribution in [1.82, 2.24) is 14.8 Å². The average molecular weight is 368 g/mol. The highest BCUT2D eigenvalue weighted by Gasteiger charge is 2.28. The third-order valence-electron chi connectivity index (χ3n) is 4.69. The molecule has 8 heteroatoms. The third kappa shape index (κ3) is 3.03. The van der Waals surface area contributed by atoms with Gasteiger partial charge in [0.1, 0.15) is 5.82 Å². The summed E-state index contributed by atoms with van der Waals surface area (Å²) in [7, 11) is 1.76. The van der Waals surface area contributed by atoms with Crippen molar-refractivity contribution in [1.29, 1.82) is 0 Å². The molecule has 3 aromatic rings. The Balaban J connectivity index is 1.79. The number of carboxylic acid groups (broad SMARTS) is 1. The van der Waals surface area contributed by atoms with E-state index in [0.29, 0.717) is 28.2 Å². The lowest BCUT2D eigenvalue weighted by Gasteiger charge is -2.10. The average Bonchev–Trinajstić information content (AvgIpc) is 3.43. The summed E-state index contributed by atoms with van der Waals surface area (Å²) < 4.78 is 15.7. The molecule has 138 valence electrons. The summed E-state index contributed by atoms with van der Waals surface area (Å²) in [5.41, 5.74) is 2.12. The second kappa shape index (κ2) is 6.15. The Morgan fingerprint density at radius 1 is 1.30 bits per heavy atom. The van der Waals surface area contributed by atoms with Crippen LogP contribution in [0.1, 0.15) is 50.9 Å². The maximum Gasteiger partial charge on any atom is 0.335 e. The van der Waals surface area contributed by atoms with E-state index in [9.17, 15) is 14.0 Å². The van der Waals surface area contributed by atoms with Gasteiger partial charge in [-0.15, -0.1) is 0 Å². The van der Waals surface area contributed by atoms with Gasteiger partial charge >= 0.3 is 5.97 Å². The van der Waals surface area contributed by atoms with Crippen LogP contribution >= 0.6 is 0 Å². The molecule has 4 rings (SSSR count). The Hall–Kier alpha value is -3.29. The molecule has 0 radical (unpaired) electrons. The van der Waals surface area contributed by atoms with Crippen molar-refractivity contribution < 1.29 is 19.1 Å². The molecule has 7 nitrogen and oxygen atoms in total. The lowest BCUT2D eigenvalue weighted by molar-refractivity contribution is 0.0696. The van der Waals surface area contributed by atoms with Crippen LogP contribution in [0.5, 0.6) is 0 Å². The monoisotopic (exact) mass is 368 g/mol. The van der Waals surface area contributed by atoms with Gasteiger partial charge in [-0.25, -0.2) is 14.2 Å². The maximum absolute atomic E-state index is 14.1. The zero-order valence-electron chi connectivity index (χ0n) is 14.8. The molecular weight excluding hydrogens is 351 g/mol. The minimum absolute atomic E-state index is 0.109. The van der Waals surface area contributed by atoms with Crippen LogP contribution in [0.3, 0.4) is 0 Å². The van der Waals surface area contributed by atoms with E-state index >= 15 is 0 Å². The molecule has 1 amide bonds. The zero-order valence-corrected chi connectivity index (χ0v) is 14.8. The Bertz CT molecular complexity index is 1100. The van der Waals surface area contributed by atoms with E-state index in [0.717, 1.165) is 36.7 Å². The Morgan fingerprint density at radius 2 is 2.04 bits per heavy atom. The molecule has 0 spiro atoms. The number of pyridine rings is 1. The van der Waals surface area contributed by atoms with E-state index in [4.69, 9.17) is 5.11 Å². The van der Waals surface area contributed by atoms with E-state index in [1.807, 2.05) is 0 Å².